The molecule has 0 N–H and O–H groups in total. The molecule has 0 atom stereocenters. The average molecular weight is 414 g/mol. The molecule has 0 aliphatic rings. The lowest BCUT2D eigenvalue weighted by molar-refractivity contribution is 0.287. The van der Waals surface area contributed by atoms with Gasteiger partial charge in [0.25, 0.3) is 10.0 Å². The molecule has 0 aliphatic heterocycles. The van der Waals surface area contributed by atoms with Crippen LogP contribution in [0, 0.1) is 0 Å². The third-order valence-corrected chi connectivity index (χ3v) is 6.71. The van der Waals surface area contributed by atoms with E-state index in [4.69, 9.17) is 9.47 Å². The molecule has 0 saturated carbocycles. The second kappa shape index (κ2) is 8.18. The maximum absolute atomic E-state index is 13.0. The molecule has 2 aromatic rings. The van der Waals surface area contributed by atoms with E-state index in [2.05, 4.69) is 0 Å². The van der Waals surface area contributed by atoms with E-state index in [1.54, 1.807) is 13.0 Å². The molecular formula is C18H23NO6S2. The van der Waals surface area contributed by atoms with Crippen molar-refractivity contribution in [3.05, 3.63) is 42.5 Å². The van der Waals surface area contributed by atoms with Gasteiger partial charge in [-0.3, -0.25) is 4.31 Å². The molecule has 0 radical (unpaired) electrons. The first kappa shape index (κ1) is 21.0. The van der Waals surface area contributed by atoms with Gasteiger partial charge in [-0.05, 0) is 50.2 Å². The lowest BCUT2D eigenvalue weighted by Gasteiger charge is -2.21. The molecule has 0 amide bonds. The molecule has 0 heterocycles. The molecule has 7 nitrogen and oxygen atoms in total. The molecule has 0 spiro atoms. The molecule has 0 saturated heterocycles. The zero-order valence-corrected chi connectivity index (χ0v) is 17.3. The monoisotopic (exact) mass is 413 g/mol. The van der Waals surface area contributed by atoms with Crippen LogP contribution in [0.25, 0.3) is 0 Å². The molecule has 0 aliphatic carbocycles. The van der Waals surface area contributed by atoms with Crippen LogP contribution < -0.4 is 13.8 Å². The Morgan fingerprint density at radius 1 is 0.815 bits per heavy atom. The normalized spacial score (nSPS) is 11.9. The van der Waals surface area contributed by atoms with Crippen molar-refractivity contribution in [1.29, 1.82) is 0 Å². The van der Waals surface area contributed by atoms with Gasteiger partial charge >= 0.3 is 0 Å². The second-order valence-electron chi connectivity index (χ2n) is 5.71. The third-order valence-electron chi connectivity index (χ3n) is 3.80. The van der Waals surface area contributed by atoms with Gasteiger partial charge in [-0.25, -0.2) is 16.8 Å². The Hall–Kier alpha value is -2.26. The van der Waals surface area contributed by atoms with E-state index in [9.17, 15) is 16.8 Å². The Bertz CT molecular complexity index is 999. The van der Waals surface area contributed by atoms with Crippen molar-refractivity contribution < 1.29 is 26.3 Å². The zero-order chi connectivity index (χ0) is 20.2. The van der Waals surface area contributed by atoms with Crippen LogP contribution in [0.4, 0.5) is 5.69 Å². The van der Waals surface area contributed by atoms with Gasteiger partial charge in [0.1, 0.15) is 0 Å². The average Bonchev–Trinajstić information content (AvgIpc) is 2.62. The predicted octanol–water partition coefficient (Wildman–Crippen LogP) is 2.71. The fourth-order valence-electron chi connectivity index (χ4n) is 2.39. The summed E-state index contributed by atoms with van der Waals surface area (Å²) in [5.74, 6) is 0.819. The summed E-state index contributed by atoms with van der Waals surface area (Å²) < 4.78 is 61.1. The van der Waals surface area contributed by atoms with Crippen molar-refractivity contribution in [2.75, 3.05) is 30.8 Å². The third kappa shape index (κ3) is 4.72. The van der Waals surface area contributed by atoms with Crippen LogP contribution in [0.1, 0.15) is 13.8 Å². The van der Waals surface area contributed by atoms with Gasteiger partial charge in [0.2, 0.25) is 0 Å². The molecular weight excluding hydrogens is 390 g/mol. The highest BCUT2D eigenvalue weighted by atomic mass is 32.2. The fraction of sp³-hybridized carbons (Fsp3) is 0.333. The number of sulfonamides is 1. The highest BCUT2D eigenvalue weighted by molar-refractivity contribution is 7.92. The summed E-state index contributed by atoms with van der Waals surface area (Å²) >= 11 is 0. The SMILES string of the molecule is CCOc1ccc(S(=O)(=O)N(C)c2ccc(S(C)(=O)=O)cc2)cc1OCC. The number of rotatable bonds is 8. The Morgan fingerprint density at radius 3 is 1.85 bits per heavy atom. The van der Waals surface area contributed by atoms with Crippen molar-refractivity contribution in [2.24, 2.45) is 0 Å². The summed E-state index contributed by atoms with van der Waals surface area (Å²) in [5.41, 5.74) is 0.342. The minimum Gasteiger partial charge on any atom is -0.490 e. The largest absolute Gasteiger partial charge is 0.490 e. The molecule has 2 aromatic carbocycles. The maximum Gasteiger partial charge on any atom is 0.264 e. The lowest BCUT2D eigenvalue weighted by atomic mass is 10.3. The summed E-state index contributed by atoms with van der Waals surface area (Å²) in [7, 11) is -5.81. The Kier molecular flexibility index (Phi) is 6.38. The van der Waals surface area contributed by atoms with Crippen LogP contribution in [0.2, 0.25) is 0 Å². The van der Waals surface area contributed by atoms with Crippen molar-refractivity contribution in [3.63, 3.8) is 0 Å². The Balaban J connectivity index is 2.40. The fourth-order valence-corrected chi connectivity index (χ4v) is 4.23. The van der Waals surface area contributed by atoms with E-state index in [0.29, 0.717) is 30.4 Å². The van der Waals surface area contributed by atoms with Gasteiger partial charge in [0, 0.05) is 19.4 Å². The first-order valence-corrected chi connectivity index (χ1v) is 11.6. The highest BCUT2D eigenvalue weighted by Crippen LogP contribution is 2.32. The van der Waals surface area contributed by atoms with E-state index in [-0.39, 0.29) is 9.79 Å². The van der Waals surface area contributed by atoms with Gasteiger partial charge in [-0.2, -0.15) is 0 Å². The summed E-state index contributed by atoms with van der Waals surface area (Å²) in [6.07, 6.45) is 1.09. The van der Waals surface area contributed by atoms with Crippen LogP contribution >= 0.6 is 0 Å². The van der Waals surface area contributed by atoms with E-state index in [0.717, 1.165) is 10.6 Å². The van der Waals surface area contributed by atoms with Gasteiger partial charge in [0.15, 0.2) is 21.3 Å². The standard InChI is InChI=1S/C18H23NO6S2/c1-5-24-17-12-11-16(13-18(17)25-6-2)27(22,23)19(3)14-7-9-15(10-8-14)26(4,20)21/h7-13H,5-6H2,1-4H3. The van der Waals surface area contributed by atoms with Crippen LogP contribution in [0.15, 0.2) is 52.3 Å². The van der Waals surface area contributed by atoms with Crippen molar-refractivity contribution in [3.8, 4) is 11.5 Å². The number of nitrogens with zero attached hydrogens (tertiary/aromatic N) is 1. The number of anilines is 1. The van der Waals surface area contributed by atoms with Crippen LogP contribution in [-0.4, -0.2) is 43.4 Å². The highest BCUT2D eigenvalue weighted by Gasteiger charge is 2.23. The first-order valence-electron chi connectivity index (χ1n) is 8.30. The minimum atomic E-state index is -3.86. The van der Waals surface area contributed by atoms with E-state index in [1.165, 1.54) is 43.4 Å². The van der Waals surface area contributed by atoms with Crippen molar-refractivity contribution in [1.82, 2.24) is 0 Å². The number of ether oxygens (including phenoxy) is 2. The number of hydrogen-bond acceptors (Lipinski definition) is 6. The van der Waals surface area contributed by atoms with Gasteiger partial charge < -0.3 is 9.47 Å². The van der Waals surface area contributed by atoms with E-state index in [1.807, 2.05) is 6.92 Å². The topological polar surface area (TPSA) is 90.0 Å². The first-order chi connectivity index (χ1) is 12.6. The smallest absolute Gasteiger partial charge is 0.264 e. The summed E-state index contributed by atoms with van der Waals surface area (Å²) in [6, 6.07) is 10.1. The van der Waals surface area contributed by atoms with Crippen molar-refractivity contribution in [2.45, 2.75) is 23.6 Å². The second-order valence-corrected chi connectivity index (χ2v) is 9.70. The quantitative estimate of drug-likeness (QED) is 0.661. The van der Waals surface area contributed by atoms with Gasteiger partial charge in [-0.1, -0.05) is 0 Å². The molecule has 27 heavy (non-hydrogen) atoms. The number of benzene rings is 2. The molecule has 0 bridgehead atoms. The minimum absolute atomic E-state index is 0.0455. The van der Waals surface area contributed by atoms with Gasteiger partial charge in [-0.15, -0.1) is 0 Å². The van der Waals surface area contributed by atoms with E-state index >= 15 is 0 Å². The van der Waals surface area contributed by atoms with E-state index < -0.39 is 19.9 Å². The van der Waals surface area contributed by atoms with Crippen molar-refractivity contribution >= 4 is 25.5 Å². The maximum atomic E-state index is 13.0. The summed E-state index contributed by atoms with van der Waals surface area (Å²) in [4.78, 5) is 0.167. The lowest BCUT2D eigenvalue weighted by Crippen LogP contribution is -2.26. The van der Waals surface area contributed by atoms with Crippen LogP contribution in [-0.2, 0) is 19.9 Å². The molecule has 0 unspecified atom stereocenters. The number of hydrogen-bond donors (Lipinski definition) is 0. The molecule has 148 valence electrons. The Morgan fingerprint density at radius 2 is 1.33 bits per heavy atom. The summed E-state index contributed by atoms with van der Waals surface area (Å²) in [5, 5.41) is 0. The van der Waals surface area contributed by atoms with Gasteiger partial charge in [0.05, 0.1) is 28.7 Å². The number of sulfone groups is 1. The molecule has 0 fully saturated rings. The van der Waals surface area contributed by atoms with Crippen LogP contribution in [0.3, 0.4) is 0 Å². The summed E-state index contributed by atoms with van der Waals surface area (Å²) in [6.45, 7) is 4.42. The van der Waals surface area contributed by atoms with Crippen LogP contribution in [0.5, 0.6) is 11.5 Å². The molecule has 9 heteroatoms. The Labute approximate surface area is 160 Å². The predicted molar refractivity (Wildman–Crippen MR) is 104 cm³/mol. The molecule has 0 aromatic heterocycles. The molecule has 2 rings (SSSR count). The zero-order valence-electron chi connectivity index (χ0n) is 15.7.